The van der Waals surface area contributed by atoms with Crippen molar-refractivity contribution in [1.29, 1.82) is 0 Å². The number of anilines is 1. The molecule has 0 unspecified atom stereocenters. The number of hydrogen-bond donors (Lipinski definition) is 2. The van der Waals surface area contributed by atoms with Crippen LogP contribution in [0.2, 0.25) is 0 Å². The lowest BCUT2D eigenvalue weighted by molar-refractivity contribution is 0.102. The number of benzene rings is 1. The van der Waals surface area contributed by atoms with Crippen LogP contribution in [0.15, 0.2) is 47.5 Å². The van der Waals surface area contributed by atoms with Crippen LogP contribution in [0.4, 0.5) is 5.82 Å². The van der Waals surface area contributed by atoms with E-state index in [1.165, 1.54) is 12.1 Å². The van der Waals surface area contributed by atoms with Gasteiger partial charge < -0.3 is 5.32 Å². The first kappa shape index (κ1) is 17.6. The normalized spacial score (nSPS) is 15.2. The van der Waals surface area contributed by atoms with E-state index in [2.05, 4.69) is 15.0 Å². The van der Waals surface area contributed by atoms with Crippen LogP contribution in [0.5, 0.6) is 0 Å². The first-order valence-electron chi connectivity index (χ1n) is 8.30. The summed E-state index contributed by atoms with van der Waals surface area (Å²) in [7, 11) is -3.62. The van der Waals surface area contributed by atoms with E-state index in [1.54, 1.807) is 24.4 Å². The smallest absolute Gasteiger partial charge is 0.256 e. The van der Waals surface area contributed by atoms with E-state index < -0.39 is 15.9 Å². The Kier molecular flexibility index (Phi) is 5.15. The SMILES string of the molecule is Cc1ccnc(NC(=O)c2cccc(S(=O)(=O)NC3CCCC3)c2)c1. The number of sulfonamides is 1. The Morgan fingerprint density at radius 2 is 1.92 bits per heavy atom. The number of rotatable bonds is 5. The van der Waals surface area contributed by atoms with Crippen molar-refractivity contribution in [1.82, 2.24) is 9.71 Å². The number of nitrogens with zero attached hydrogens (tertiary/aromatic N) is 1. The standard InChI is InChI=1S/C18H21N3O3S/c1-13-9-10-19-17(11-13)20-18(22)14-5-4-8-16(12-14)25(23,24)21-15-6-2-3-7-15/h4-5,8-12,15,21H,2-3,6-7H2,1H3,(H,19,20,22). The second-order valence-electron chi connectivity index (χ2n) is 6.30. The van der Waals surface area contributed by atoms with Crippen LogP contribution in [0.25, 0.3) is 0 Å². The fourth-order valence-electron chi connectivity index (χ4n) is 2.93. The number of aromatic nitrogens is 1. The topological polar surface area (TPSA) is 88.2 Å². The van der Waals surface area contributed by atoms with Crippen LogP contribution in [-0.2, 0) is 10.0 Å². The highest BCUT2D eigenvalue weighted by Crippen LogP contribution is 2.21. The zero-order chi connectivity index (χ0) is 17.9. The van der Waals surface area contributed by atoms with Gasteiger partial charge >= 0.3 is 0 Å². The van der Waals surface area contributed by atoms with Gasteiger partial charge in [-0.3, -0.25) is 4.79 Å². The first-order chi connectivity index (χ1) is 11.9. The molecule has 2 aromatic rings. The highest BCUT2D eigenvalue weighted by molar-refractivity contribution is 7.89. The van der Waals surface area contributed by atoms with E-state index >= 15 is 0 Å². The summed E-state index contributed by atoms with van der Waals surface area (Å²) in [5.41, 5.74) is 1.25. The van der Waals surface area contributed by atoms with Crippen LogP contribution in [0, 0.1) is 6.92 Å². The van der Waals surface area contributed by atoms with Crippen molar-refractivity contribution in [3.63, 3.8) is 0 Å². The number of hydrogen-bond acceptors (Lipinski definition) is 4. The minimum atomic E-state index is -3.62. The predicted octanol–water partition coefficient (Wildman–Crippen LogP) is 2.86. The van der Waals surface area contributed by atoms with Gasteiger partial charge in [0.1, 0.15) is 5.82 Å². The van der Waals surface area contributed by atoms with Crippen molar-refractivity contribution < 1.29 is 13.2 Å². The van der Waals surface area contributed by atoms with Crippen molar-refractivity contribution in [3.8, 4) is 0 Å². The summed E-state index contributed by atoms with van der Waals surface area (Å²) in [4.78, 5) is 16.6. The molecule has 0 radical (unpaired) electrons. The molecule has 25 heavy (non-hydrogen) atoms. The van der Waals surface area contributed by atoms with Gasteiger partial charge in [-0.15, -0.1) is 0 Å². The lowest BCUT2D eigenvalue weighted by Gasteiger charge is -2.13. The lowest BCUT2D eigenvalue weighted by Crippen LogP contribution is -2.32. The zero-order valence-corrected chi connectivity index (χ0v) is 14.8. The Morgan fingerprint density at radius 1 is 1.16 bits per heavy atom. The van der Waals surface area contributed by atoms with Gasteiger partial charge in [-0.05, 0) is 55.7 Å². The average molecular weight is 359 g/mol. The molecule has 0 bridgehead atoms. The Labute approximate surface area is 147 Å². The number of nitrogens with one attached hydrogen (secondary N) is 2. The largest absolute Gasteiger partial charge is 0.307 e. The van der Waals surface area contributed by atoms with Gasteiger partial charge in [0.2, 0.25) is 10.0 Å². The molecular weight excluding hydrogens is 338 g/mol. The van der Waals surface area contributed by atoms with E-state index in [-0.39, 0.29) is 16.5 Å². The third kappa shape index (κ3) is 4.43. The summed E-state index contributed by atoms with van der Waals surface area (Å²) >= 11 is 0. The van der Waals surface area contributed by atoms with Crippen LogP contribution in [-0.4, -0.2) is 25.4 Å². The van der Waals surface area contributed by atoms with E-state index in [0.717, 1.165) is 31.2 Å². The molecule has 0 spiro atoms. The summed E-state index contributed by atoms with van der Waals surface area (Å²) in [5.74, 6) is 0.0401. The molecule has 6 nitrogen and oxygen atoms in total. The summed E-state index contributed by atoms with van der Waals surface area (Å²) in [6, 6.07) is 9.61. The van der Waals surface area contributed by atoms with Crippen molar-refractivity contribution in [3.05, 3.63) is 53.7 Å². The molecule has 7 heteroatoms. The fraction of sp³-hybridized carbons (Fsp3) is 0.333. The van der Waals surface area contributed by atoms with Crippen LogP contribution in [0.3, 0.4) is 0 Å². The lowest BCUT2D eigenvalue weighted by atomic mass is 10.2. The van der Waals surface area contributed by atoms with Crippen molar-refractivity contribution in [2.75, 3.05) is 5.32 Å². The molecular formula is C18H21N3O3S. The molecule has 1 saturated carbocycles. The van der Waals surface area contributed by atoms with Gasteiger partial charge in [-0.1, -0.05) is 18.9 Å². The average Bonchev–Trinajstić information content (AvgIpc) is 3.07. The third-order valence-electron chi connectivity index (χ3n) is 4.24. The summed E-state index contributed by atoms with van der Waals surface area (Å²) in [5, 5.41) is 2.69. The van der Waals surface area contributed by atoms with Crippen LogP contribution in [0.1, 0.15) is 41.6 Å². The molecule has 1 aromatic carbocycles. The van der Waals surface area contributed by atoms with Gasteiger partial charge in [-0.25, -0.2) is 18.1 Å². The maximum absolute atomic E-state index is 12.5. The van der Waals surface area contributed by atoms with E-state index in [9.17, 15) is 13.2 Å². The molecule has 0 aliphatic heterocycles. The quantitative estimate of drug-likeness (QED) is 0.859. The van der Waals surface area contributed by atoms with Gasteiger partial charge in [0, 0.05) is 17.8 Å². The maximum Gasteiger partial charge on any atom is 0.256 e. The molecule has 132 valence electrons. The highest BCUT2D eigenvalue weighted by Gasteiger charge is 2.23. The molecule has 0 atom stereocenters. The van der Waals surface area contributed by atoms with Crippen LogP contribution < -0.4 is 10.0 Å². The second kappa shape index (κ2) is 7.33. The molecule has 1 aliphatic rings. The molecule has 1 fully saturated rings. The monoisotopic (exact) mass is 359 g/mol. The summed E-state index contributed by atoms with van der Waals surface area (Å²) < 4.78 is 27.7. The first-order valence-corrected chi connectivity index (χ1v) is 9.79. The van der Waals surface area contributed by atoms with Crippen LogP contribution >= 0.6 is 0 Å². The zero-order valence-electron chi connectivity index (χ0n) is 14.0. The van der Waals surface area contributed by atoms with E-state index in [4.69, 9.17) is 0 Å². The van der Waals surface area contributed by atoms with E-state index in [1.807, 2.05) is 13.0 Å². The van der Waals surface area contributed by atoms with Gasteiger partial charge in [0.15, 0.2) is 0 Å². The third-order valence-corrected chi connectivity index (χ3v) is 5.76. The minimum absolute atomic E-state index is 0.0148. The van der Waals surface area contributed by atoms with Gasteiger partial charge in [-0.2, -0.15) is 0 Å². The van der Waals surface area contributed by atoms with Crippen molar-refractivity contribution in [2.24, 2.45) is 0 Å². The molecule has 1 aliphatic carbocycles. The Morgan fingerprint density at radius 3 is 2.64 bits per heavy atom. The number of amides is 1. The van der Waals surface area contributed by atoms with Crippen molar-refractivity contribution >= 4 is 21.7 Å². The number of pyridine rings is 1. The van der Waals surface area contributed by atoms with Gasteiger partial charge in [0.25, 0.3) is 5.91 Å². The fourth-order valence-corrected chi connectivity index (χ4v) is 4.28. The molecule has 1 heterocycles. The summed E-state index contributed by atoms with van der Waals surface area (Å²) in [6.45, 7) is 1.90. The molecule has 2 N–H and O–H groups in total. The Bertz CT molecular complexity index is 875. The number of aryl methyl sites for hydroxylation is 1. The minimum Gasteiger partial charge on any atom is -0.307 e. The number of carbonyl (C=O) groups excluding carboxylic acids is 1. The van der Waals surface area contributed by atoms with Gasteiger partial charge in [0.05, 0.1) is 4.90 Å². The summed E-state index contributed by atoms with van der Waals surface area (Å²) in [6.07, 6.45) is 5.41. The molecule has 1 amide bonds. The highest BCUT2D eigenvalue weighted by atomic mass is 32.2. The second-order valence-corrected chi connectivity index (χ2v) is 8.02. The maximum atomic E-state index is 12.5. The van der Waals surface area contributed by atoms with Crippen molar-refractivity contribution in [2.45, 2.75) is 43.5 Å². The van der Waals surface area contributed by atoms with E-state index in [0.29, 0.717) is 5.82 Å². The molecule has 3 rings (SSSR count). The Hall–Kier alpha value is -2.25. The molecule has 0 saturated heterocycles. The Balaban J connectivity index is 1.77. The molecule has 1 aromatic heterocycles. The predicted molar refractivity (Wildman–Crippen MR) is 95.9 cm³/mol. The number of carbonyl (C=O) groups is 1.